The first kappa shape index (κ1) is 19.7. The van der Waals surface area contributed by atoms with Crippen LogP contribution in [-0.2, 0) is 11.2 Å². The van der Waals surface area contributed by atoms with Gasteiger partial charge >= 0.3 is 0 Å². The number of para-hydroxylation sites is 2. The van der Waals surface area contributed by atoms with Gasteiger partial charge in [0.15, 0.2) is 11.5 Å². The van der Waals surface area contributed by atoms with Gasteiger partial charge in [0.1, 0.15) is 5.82 Å². The number of carbonyl (C=O) groups excluding carboxylic acids is 1. The SMILES string of the molecule is COc1ccc(CCC(=O)NC(c2nc3ccccc3[nH]2)C(C)C)cc1OC. The Hall–Kier alpha value is -3.02. The van der Waals surface area contributed by atoms with Crippen molar-refractivity contribution in [2.75, 3.05) is 14.2 Å². The van der Waals surface area contributed by atoms with Crippen molar-refractivity contribution in [2.24, 2.45) is 5.92 Å². The minimum Gasteiger partial charge on any atom is -0.493 e. The number of H-pyrrole nitrogens is 1. The van der Waals surface area contributed by atoms with Crippen LogP contribution in [0.3, 0.4) is 0 Å². The monoisotopic (exact) mass is 381 g/mol. The van der Waals surface area contributed by atoms with Crippen molar-refractivity contribution >= 4 is 16.9 Å². The molecule has 0 aliphatic heterocycles. The van der Waals surface area contributed by atoms with E-state index < -0.39 is 0 Å². The molecule has 6 nitrogen and oxygen atoms in total. The maximum absolute atomic E-state index is 12.6. The van der Waals surface area contributed by atoms with E-state index in [4.69, 9.17) is 9.47 Å². The molecule has 0 bridgehead atoms. The summed E-state index contributed by atoms with van der Waals surface area (Å²) in [5, 5.41) is 3.13. The molecule has 1 heterocycles. The standard InChI is InChI=1S/C22H27N3O3/c1-14(2)21(22-23-16-7-5-6-8-17(16)24-22)25-20(26)12-10-15-9-11-18(27-3)19(13-15)28-4/h5-9,11,13-14,21H,10,12H2,1-4H3,(H,23,24)(H,25,26). The summed E-state index contributed by atoms with van der Waals surface area (Å²) in [5.41, 5.74) is 2.91. The zero-order valence-corrected chi connectivity index (χ0v) is 16.8. The van der Waals surface area contributed by atoms with E-state index in [1.807, 2.05) is 42.5 Å². The number of nitrogens with one attached hydrogen (secondary N) is 2. The minimum absolute atomic E-state index is 0.00561. The van der Waals surface area contributed by atoms with E-state index in [0.717, 1.165) is 22.4 Å². The van der Waals surface area contributed by atoms with E-state index in [0.29, 0.717) is 24.3 Å². The van der Waals surface area contributed by atoms with E-state index in [9.17, 15) is 4.79 Å². The van der Waals surface area contributed by atoms with E-state index in [-0.39, 0.29) is 17.9 Å². The summed E-state index contributed by atoms with van der Waals surface area (Å²) in [5.74, 6) is 2.35. The van der Waals surface area contributed by atoms with Crippen LogP contribution in [0.25, 0.3) is 11.0 Å². The molecule has 1 amide bonds. The van der Waals surface area contributed by atoms with Gasteiger partial charge in [-0.05, 0) is 42.2 Å². The van der Waals surface area contributed by atoms with E-state index >= 15 is 0 Å². The second-order valence-electron chi connectivity index (χ2n) is 7.12. The maximum Gasteiger partial charge on any atom is 0.220 e. The minimum atomic E-state index is -0.162. The van der Waals surface area contributed by atoms with Crippen LogP contribution in [0.2, 0.25) is 0 Å². The Morgan fingerprint density at radius 3 is 2.54 bits per heavy atom. The Bertz CT molecular complexity index is 916. The Morgan fingerprint density at radius 2 is 1.86 bits per heavy atom. The lowest BCUT2D eigenvalue weighted by Gasteiger charge is -2.20. The van der Waals surface area contributed by atoms with Gasteiger partial charge in [-0.1, -0.05) is 32.0 Å². The van der Waals surface area contributed by atoms with Crippen LogP contribution in [0.15, 0.2) is 42.5 Å². The molecule has 2 aromatic carbocycles. The van der Waals surface area contributed by atoms with Crippen LogP contribution in [0.5, 0.6) is 11.5 Å². The normalized spacial score (nSPS) is 12.2. The number of hydrogen-bond acceptors (Lipinski definition) is 4. The highest BCUT2D eigenvalue weighted by Gasteiger charge is 2.21. The number of hydrogen-bond donors (Lipinski definition) is 2. The predicted octanol–water partition coefficient (Wildman–Crippen LogP) is 4.03. The van der Waals surface area contributed by atoms with Gasteiger partial charge in [-0.15, -0.1) is 0 Å². The highest BCUT2D eigenvalue weighted by Crippen LogP contribution is 2.28. The lowest BCUT2D eigenvalue weighted by atomic mass is 10.0. The van der Waals surface area contributed by atoms with Crippen LogP contribution >= 0.6 is 0 Å². The molecule has 1 atom stereocenters. The first-order chi connectivity index (χ1) is 13.5. The molecule has 2 N–H and O–H groups in total. The summed E-state index contributed by atoms with van der Waals surface area (Å²) in [6.07, 6.45) is 1.01. The number of aromatic nitrogens is 2. The molecule has 3 rings (SSSR count). The predicted molar refractivity (Wildman–Crippen MR) is 110 cm³/mol. The summed E-state index contributed by atoms with van der Waals surface area (Å²) < 4.78 is 10.6. The van der Waals surface area contributed by atoms with Crippen molar-refractivity contribution in [3.63, 3.8) is 0 Å². The average molecular weight is 381 g/mol. The maximum atomic E-state index is 12.6. The Labute approximate surface area is 165 Å². The van der Waals surface area contributed by atoms with E-state index in [1.165, 1.54) is 0 Å². The molecule has 0 aliphatic rings. The lowest BCUT2D eigenvalue weighted by molar-refractivity contribution is -0.122. The number of amides is 1. The highest BCUT2D eigenvalue weighted by atomic mass is 16.5. The molecule has 0 fully saturated rings. The van der Waals surface area contributed by atoms with Gasteiger partial charge in [-0.25, -0.2) is 4.98 Å². The van der Waals surface area contributed by atoms with Gasteiger partial charge < -0.3 is 19.8 Å². The number of imidazole rings is 1. The van der Waals surface area contributed by atoms with Crippen molar-refractivity contribution in [3.05, 3.63) is 53.9 Å². The van der Waals surface area contributed by atoms with Crippen LogP contribution in [0.1, 0.15) is 37.7 Å². The molecule has 28 heavy (non-hydrogen) atoms. The molecular weight excluding hydrogens is 354 g/mol. The Balaban J connectivity index is 1.66. The fourth-order valence-electron chi connectivity index (χ4n) is 3.21. The zero-order valence-electron chi connectivity index (χ0n) is 16.8. The van der Waals surface area contributed by atoms with E-state index in [2.05, 4.69) is 29.1 Å². The number of methoxy groups -OCH3 is 2. The number of rotatable bonds is 8. The first-order valence-corrected chi connectivity index (χ1v) is 9.46. The quantitative estimate of drug-likeness (QED) is 0.618. The summed E-state index contributed by atoms with van der Waals surface area (Å²) in [6, 6.07) is 13.4. The summed E-state index contributed by atoms with van der Waals surface area (Å²) in [4.78, 5) is 20.6. The smallest absolute Gasteiger partial charge is 0.220 e. The third-order valence-electron chi connectivity index (χ3n) is 4.77. The molecule has 0 aliphatic carbocycles. The van der Waals surface area contributed by atoms with Gasteiger partial charge in [-0.2, -0.15) is 0 Å². The number of nitrogens with zero attached hydrogens (tertiary/aromatic N) is 1. The van der Waals surface area contributed by atoms with Crippen molar-refractivity contribution in [1.82, 2.24) is 15.3 Å². The zero-order chi connectivity index (χ0) is 20.1. The fourth-order valence-corrected chi connectivity index (χ4v) is 3.21. The van der Waals surface area contributed by atoms with Crippen molar-refractivity contribution in [1.29, 1.82) is 0 Å². The van der Waals surface area contributed by atoms with Crippen LogP contribution in [0, 0.1) is 5.92 Å². The second-order valence-corrected chi connectivity index (χ2v) is 7.12. The molecule has 0 saturated carbocycles. The molecular formula is C22H27N3O3. The molecule has 1 unspecified atom stereocenters. The topological polar surface area (TPSA) is 76.2 Å². The number of aromatic amines is 1. The summed E-state index contributed by atoms with van der Waals surface area (Å²) in [6.45, 7) is 4.15. The molecule has 148 valence electrons. The average Bonchev–Trinajstić information content (AvgIpc) is 3.13. The first-order valence-electron chi connectivity index (χ1n) is 9.46. The largest absolute Gasteiger partial charge is 0.493 e. The molecule has 6 heteroatoms. The number of aryl methyl sites for hydroxylation is 1. The number of fused-ring (bicyclic) bond motifs is 1. The van der Waals surface area contributed by atoms with Crippen LogP contribution in [-0.4, -0.2) is 30.1 Å². The lowest BCUT2D eigenvalue weighted by Crippen LogP contribution is -2.32. The third kappa shape index (κ3) is 4.44. The Kier molecular flexibility index (Phi) is 6.19. The van der Waals surface area contributed by atoms with Crippen molar-refractivity contribution in [2.45, 2.75) is 32.7 Å². The Morgan fingerprint density at radius 1 is 1.11 bits per heavy atom. The van der Waals surface area contributed by atoms with Crippen LogP contribution < -0.4 is 14.8 Å². The van der Waals surface area contributed by atoms with Gasteiger partial charge in [0.25, 0.3) is 0 Å². The number of benzene rings is 2. The molecule has 0 radical (unpaired) electrons. The molecule has 0 spiro atoms. The van der Waals surface area contributed by atoms with Crippen LogP contribution in [0.4, 0.5) is 0 Å². The van der Waals surface area contributed by atoms with Gasteiger partial charge in [0, 0.05) is 6.42 Å². The molecule has 1 aromatic heterocycles. The third-order valence-corrected chi connectivity index (χ3v) is 4.77. The molecule has 3 aromatic rings. The number of carbonyl (C=O) groups is 1. The van der Waals surface area contributed by atoms with Gasteiger partial charge in [-0.3, -0.25) is 4.79 Å². The fraction of sp³-hybridized carbons (Fsp3) is 0.364. The van der Waals surface area contributed by atoms with E-state index in [1.54, 1.807) is 14.2 Å². The van der Waals surface area contributed by atoms with Gasteiger partial charge in [0.2, 0.25) is 5.91 Å². The summed E-state index contributed by atoms with van der Waals surface area (Å²) in [7, 11) is 3.21. The molecule has 0 saturated heterocycles. The van der Waals surface area contributed by atoms with Crippen molar-refractivity contribution in [3.8, 4) is 11.5 Å². The highest BCUT2D eigenvalue weighted by molar-refractivity contribution is 5.77. The summed E-state index contributed by atoms with van der Waals surface area (Å²) >= 11 is 0. The second kappa shape index (κ2) is 8.78. The van der Waals surface area contributed by atoms with Gasteiger partial charge in [0.05, 0.1) is 31.3 Å². The van der Waals surface area contributed by atoms with Crippen molar-refractivity contribution < 1.29 is 14.3 Å². The number of ether oxygens (including phenoxy) is 2.